The Bertz CT molecular complexity index is 801. The van der Waals surface area contributed by atoms with Gasteiger partial charge in [0.25, 0.3) is 0 Å². The van der Waals surface area contributed by atoms with E-state index in [0.29, 0.717) is 5.75 Å². The normalized spacial score (nSPS) is 18.5. The monoisotopic (exact) mass is 438 g/mol. The van der Waals surface area contributed by atoms with E-state index in [4.69, 9.17) is 4.98 Å². The van der Waals surface area contributed by atoms with Gasteiger partial charge in [-0.15, -0.1) is 23.7 Å². The Kier molecular flexibility index (Phi) is 7.43. The fraction of sp³-hybridized carbons (Fsp3) is 0.609. The first kappa shape index (κ1) is 24.1. The van der Waals surface area contributed by atoms with Crippen molar-refractivity contribution in [3.63, 3.8) is 0 Å². The molecule has 3 rings (SSSR count). The lowest BCUT2D eigenvalue weighted by Gasteiger charge is -2.29. The van der Waals surface area contributed by atoms with Crippen molar-refractivity contribution in [1.29, 1.82) is 0 Å². The molecule has 2 heterocycles. The minimum Gasteiger partial charge on any atom is -0.507 e. The Labute approximate surface area is 185 Å². The molecule has 0 amide bonds. The van der Waals surface area contributed by atoms with Gasteiger partial charge in [-0.2, -0.15) is 0 Å². The molecule has 0 bridgehead atoms. The standard InChI is InChI=1S/C23H34N2O2S.ClH/c1-22(2,3)17-10-15(11-18(21(17)27)23(4,5)6)19-14-28-20(24-19)13-25-9-7-8-16(26)12-25;/h10-11,14,16,26-27H,7-9,12-13H2,1-6H3;1H/t16-;/m1./s1. The van der Waals surface area contributed by atoms with Gasteiger partial charge in [0.1, 0.15) is 10.8 Å². The van der Waals surface area contributed by atoms with Crippen LogP contribution in [-0.4, -0.2) is 39.3 Å². The molecule has 0 aliphatic carbocycles. The van der Waals surface area contributed by atoms with Crippen molar-refractivity contribution in [2.45, 2.75) is 77.9 Å². The van der Waals surface area contributed by atoms with E-state index in [0.717, 1.165) is 59.9 Å². The molecule has 0 spiro atoms. The maximum absolute atomic E-state index is 10.9. The van der Waals surface area contributed by atoms with Crippen LogP contribution in [0.1, 0.15) is 70.5 Å². The lowest BCUT2D eigenvalue weighted by atomic mass is 9.78. The number of aliphatic hydroxyl groups excluding tert-OH is 1. The zero-order valence-electron chi connectivity index (χ0n) is 18.5. The third-order valence-electron chi connectivity index (χ3n) is 5.41. The highest BCUT2D eigenvalue weighted by Crippen LogP contribution is 2.42. The number of phenols is 1. The largest absolute Gasteiger partial charge is 0.507 e. The van der Waals surface area contributed by atoms with Crippen LogP contribution in [0.5, 0.6) is 5.75 Å². The third-order valence-corrected chi connectivity index (χ3v) is 6.25. The van der Waals surface area contributed by atoms with Crippen LogP contribution in [-0.2, 0) is 17.4 Å². The van der Waals surface area contributed by atoms with Crippen molar-refractivity contribution in [2.24, 2.45) is 0 Å². The molecule has 1 aliphatic heterocycles. The van der Waals surface area contributed by atoms with Crippen molar-refractivity contribution >= 4 is 23.7 Å². The maximum atomic E-state index is 10.9. The Morgan fingerprint density at radius 1 is 1.10 bits per heavy atom. The maximum Gasteiger partial charge on any atom is 0.123 e. The summed E-state index contributed by atoms with van der Waals surface area (Å²) in [4.78, 5) is 7.18. The predicted octanol–water partition coefficient (Wildman–Crippen LogP) is 5.49. The van der Waals surface area contributed by atoms with E-state index in [1.54, 1.807) is 11.3 Å². The van der Waals surface area contributed by atoms with Crippen LogP contribution in [0.25, 0.3) is 11.3 Å². The number of hydrogen-bond acceptors (Lipinski definition) is 5. The summed E-state index contributed by atoms with van der Waals surface area (Å²) in [5, 5.41) is 24.0. The average molecular weight is 439 g/mol. The molecule has 1 atom stereocenters. The molecule has 29 heavy (non-hydrogen) atoms. The number of halogens is 1. The second-order valence-corrected chi connectivity index (χ2v) is 11.0. The van der Waals surface area contributed by atoms with Crippen LogP contribution in [0.3, 0.4) is 0 Å². The number of likely N-dealkylation sites (tertiary alicyclic amines) is 1. The fourth-order valence-corrected chi connectivity index (χ4v) is 4.65. The van der Waals surface area contributed by atoms with E-state index >= 15 is 0 Å². The van der Waals surface area contributed by atoms with Gasteiger partial charge in [-0.25, -0.2) is 4.98 Å². The van der Waals surface area contributed by atoms with Gasteiger partial charge in [-0.1, -0.05) is 41.5 Å². The summed E-state index contributed by atoms with van der Waals surface area (Å²) in [7, 11) is 0. The van der Waals surface area contributed by atoms with Gasteiger partial charge >= 0.3 is 0 Å². The zero-order valence-corrected chi connectivity index (χ0v) is 20.1. The first-order valence-electron chi connectivity index (χ1n) is 10.2. The number of phenolic OH excluding ortho intramolecular Hbond substituents is 1. The molecule has 1 aromatic heterocycles. The van der Waals surface area contributed by atoms with Gasteiger partial charge in [-0.05, 0) is 42.3 Å². The van der Waals surface area contributed by atoms with Crippen LogP contribution >= 0.6 is 23.7 Å². The molecule has 2 aromatic rings. The van der Waals surface area contributed by atoms with Crippen LogP contribution in [0, 0.1) is 0 Å². The number of nitrogens with zero attached hydrogens (tertiary/aromatic N) is 2. The summed E-state index contributed by atoms with van der Waals surface area (Å²) in [6, 6.07) is 4.18. The Morgan fingerprint density at radius 3 is 2.21 bits per heavy atom. The van der Waals surface area contributed by atoms with Gasteiger partial charge in [0.05, 0.1) is 18.3 Å². The zero-order chi connectivity index (χ0) is 20.7. The predicted molar refractivity (Wildman–Crippen MR) is 124 cm³/mol. The number of aromatic hydroxyl groups is 1. The lowest BCUT2D eigenvalue weighted by Crippen LogP contribution is -2.37. The van der Waals surface area contributed by atoms with Gasteiger partial charge in [0, 0.05) is 28.6 Å². The molecule has 162 valence electrons. The summed E-state index contributed by atoms with van der Waals surface area (Å²) >= 11 is 1.67. The molecule has 1 saturated heterocycles. The lowest BCUT2D eigenvalue weighted by molar-refractivity contribution is 0.0668. The van der Waals surface area contributed by atoms with Crippen molar-refractivity contribution in [1.82, 2.24) is 9.88 Å². The molecule has 0 saturated carbocycles. The summed E-state index contributed by atoms with van der Waals surface area (Å²) in [5.41, 5.74) is 3.65. The van der Waals surface area contributed by atoms with E-state index in [-0.39, 0.29) is 29.3 Å². The van der Waals surface area contributed by atoms with E-state index in [2.05, 4.69) is 64.0 Å². The highest BCUT2D eigenvalue weighted by molar-refractivity contribution is 7.09. The molecule has 2 N–H and O–H groups in total. The summed E-state index contributed by atoms with van der Waals surface area (Å²) in [6.45, 7) is 15.3. The molecule has 0 radical (unpaired) electrons. The van der Waals surface area contributed by atoms with Crippen LogP contribution in [0.2, 0.25) is 0 Å². The molecule has 1 aromatic carbocycles. The molecular weight excluding hydrogens is 404 g/mol. The van der Waals surface area contributed by atoms with Crippen LogP contribution in [0.4, 0.5) is 0 Å². The van der Waals surface area contributed by atoms with E-state index in [1.165, 1.54) is 0 Å². The highest BCUT2D eigenvalue weighted by atomic mass is 35.5. The number of rotatable bonds is 3. The van der Waals surface area contributed by atoms with Crippen molar-refractivity contribution < 1.29 is 10.2 Å². The smallest absolute Gasteiger partial charge is 0.123 e. The molecule has 1 fully saturated rings. The third kappa shape index (κ3) is 5.72. The van der Waals surface area contributed by atoms with Crippen molar-refractivity contribution in [2.75, 3.05) is 13.1 Å². The number of aliphatic hydroxyl groups is 1. The first-order valence-corrected chi connectivity index (χ1v) is 11.1. The second kappa shape index (κ2) is 8.93. The minimum absolute atomic E-state index is 0. The summed E-state index contributed by atoms with van der Waals surface area (Å²) in [5.74, 6) is 0.404. The summed E-state index contributed by atoms with van der Waals surface area (Å²) < 4.78 is 0. The topological polar surface area (TPSA) is 56.6 Å². The van der Waals surface area contributed by atoms with E-state index in [9.17, 15) is 10.2 Å². The van der Waals surface area contributed by atoms with E-state index in [1.807, 2.05) is 0 Å². The van der Waals surface area contributed by atoms with Gasteiger partial charge in [0.15, 0.2) is 0 Å². The Hall–Kier alpha value is -1.14. The number of benzene rings is 1. The van der Waals surface area contributed by atoms with Gasteiger partial charge < -0.3 is 10.2 Å². The van der Waals surface area contributed by atoms with Crippen molar-refractivity contribution in [3.05, 3.63) is 33.6 Å². The highest BCUT2D eigenvalue weighted by Gasteiger charge is 2.27. The summed E-state index contributed by atoms with van der Waals surface area (Å²) in [6.07, 6.45) is 1.73. The molecule has 1 aliphatic rings. The quantitative estimate of drug-likeness (QED) is 0.665. The van der Waals surface area contributed by atoms with Gasteiger partial charge in [-0.3, -0.25) is 4.90 Å². The minimum atomic E-state index is -0.214. The molecule has 6 heteroatoms. The van der Waals surface area contributed by atoms with Crippen molar-refractivity contribution in [3.8, 4) is 17.0 Å². The number of piperidine rings is 1. The van der Waals surface area contributed by atoms with Crippen LogP contribution in [0.15, 0.2) is 17.5 Å². The Balaban J connectivity index is 0.00000300. The van der Waals surface area contributed by atoms with E-state index < -0.39 is 0 Å². The number of β-amino-alcohol motifs (C(OH)–C–C–N with tert-alkyl or cyclic N) is 1. The SMILES string of the molecule is CC(C)(C)c1cc(-c2csc(CN3CCC[C@@H](O)C3)n2)cc(C(C)(C)C)c1O.Cl. The fourth-order valence-electron chi connectivity index (χ4n) is 3.81. The molecule has 0 unspecified atom stereocenters. The van der Waals surface area contributed by atoms with Crippen LogP contribution < -0.4 is 0 Å². The second-order valence-electron chi connectivity index (χ2n) is 10.1. The number of hydrogen-bond donors (Lipinski definition) is 2. The first-order chi connectivity index (χ1) is 12.9. The average Bonchev–Trinajstić information content (AvgIpc) is 3.01. The Morgan fingerprint density at radius 2 is 1.69 bits per heavy atom. The molecular formula is C23H35ClN2O2S. The van der Waals surface area contributed by atoms with Gasteiger partial charge in [0.2, 0.25) is 0 Å². The number of thiazole rings is 1. The number of aromatic nitrogens is 1. The molecule has 4 nitrogen and oxygen atoms in total.